The average molecular weight is 319 g/mol. The van der Waals surface area contributed by atoms with E-state index in [4.69, 9.17) is 4.74 Å². The quantitative estimate of drug-likeness (QED) is 0.468. The van der Waals surface area contributed by atoms with Crippen molar-refractivity contribution in [3.63, 3.8) is 0 Å². The maximum Gasteiger partial charge on any atom is 0.313 e. The Morgan fingerprint density at radius 2 is 1.17 bits per heavy atom. The van der Waals surface area contributed by atoms with E-state index < -0.39 is 0 Å². The van der Waals surface area contributed by atoms with Crippen LogP contribution in [0.15, 0.2) is 12.3 Å². The van der Waals surface area contributed by atoms with Gasteiger partial charge in [0.2, 0.25) is 0 Å². The van der Waals surface area contributed by atoms with Crippen LogP contribution >= 0.6 is 0 Å². The van der Waals surface area contributed by atoms with E-state index in [1.54, 1.807) is 0 Å². The first kappa shape index (κ1) is 17.0. The molecule has 3 aliphatic rings. The highest BCUT2D eigenvalue weighted by Gasteiger charge is 2.32. The molecule has 0 heterocycles. The van der Waals surface area contributed by atoms with E-state index in [0.29, 0.717) is 5.92 Å². The van der Waals surface area contributed by atoms with Gasteiger partial charge >= 0.3 is 5.97 Å². The van der Waals surface area contributed by atoms with Gasteiger partial charge in [0.1, 0.15) is 5.76 Å². The van der Waals surface area contributed by atoms with Gasteiger partial charge in [0, 0.05) is 5.92 Å². The Morgan fingerprint density at radius 1 is 0.652 bits per heavy atom. The average Bonchev–Trinajstić information content (AvgIpc) is 2.63. The fourth-order valence-electron chi connectivity index (χ4n) is 5.15. The van der Waals surface area contributed by atoms with E-state index in [0.717, 1.165) is 43.3 Å². The molecule has 3 fully saturated rings. The first-order valence-corrected chi connectivity index (χ1v) is 10.1. The molecule has 23 heavy (non-hydrogen) atoms. The minimum atomic E-state index is 0.0164. The lowest BCUT2D eigenvalue weighted by atomic mass is 9.71. The Kier molecular flexibility index (Phi) is 6.19. The monoisotopic (exact) mass is 318 g/mol. The number of ether oxygens (including phenoxy) is 1. The van der Waals surface area contributed by atoms with Crippen molar-refractivity contribution in [1.82, 2.24) is 0 Å². The number of hydrogen-bond acceptors (Lipinski definition) is 2. The summed E-state index contributed by atoms with van der Waals surface area (Å²) in [4.78, 5) is 12.5. The van der Waals surface area contributed by atoms with Gasteiger partial charge < -0.3 is 4.74 Å². The van der Waals surface area contributed by atoms with Crippen LogP contribution in [0.25, 0.3) is 0 Å². The summed E-state index contributed by atoms with van der Waals surface area (Å²) in [6, 6.07) is 0. The molecular formula is C21H34O2. The van der Waals surface area contributed by atoms with E-state index in [1.165, 1.54) is 64.2 Å². The van der Waals surface area contributed by atoms with Crippen molar-refractivity contribution >= 4 is 5.97 Å². The third kappa shape index (κ3) is 4.61. The fourth-order valence-corrected chi connectivity index (χ4v) is 5.15. The molecule has 2 nitrogen and oxygen atoms in total. The Balaban J connectivity index is 1.41. The molecule has 0 radical (unpaired) electrons. The zero-order chi connectivity index (χ0) is 16.1. The summed E-state index contributed by atoms with van der Waals surface area (Å²) in [5.74, 6) is 3.15. The van der Waals surface area contributed by atoms with Crippen LogP contribution < -0.4 is 0 Å². The molecule has 0 aromatic heterocycles. The molecule has 130 valence electrons. The van der Waals surface area contributed by atoms with Crippen LogP contribution in [0.3, 0.4) is 0 Å². The van der Waals surface area contributed by atoms with Crippen molar-refractivity contribution in [1.29, 1.82) is 0 Å². The number of allylic oxidation sites excluding steroid dienone is 1. The maximum atomic E-state index is 12.5. The van der Waals surface area contributed by atoms with Crippen LogP contribution in [-0.2, 0) is 9.53 Å². The SMILES string of the molecule is C=C(OC(=O)C1CCC(C2CCCCC2)CC1)C1CCCCC1. The Morgan fingerprint density at radius 3 is 1.78 bits per heavy atom. The maximum absolute atomic E-state index is 12.5. The summed E-state index contributed by atoms with van der Waals surface area (Å²) >= 11 is 0. The molecule has 0 atom stereocenters. The number of hydrogen-bond donors (Lipinski definition) is 0. The third-order valence-corrected chi connectivity index (χ3v) is 6.71. The second-order valence-corrected chi connectivity index (χ2v) is 8.23. The molecule has 0 saturated heterocycles. The topological polar surface area (TPSA) is 26.3 Å². The van der Waals surface area contributed by atoms with Crippen LogP contribution in [0.1, 0.15) is 89.9 Å². The first-order valence-electron chi connectivity index (χ1n) is 10.1. The van der Waals surface area contributed by atoms with Crippen LogP contribution in [0.4, 0.5) is 0 Å². The highest BCUT2D eigenvalue weighted by atomic mass is 16.5. The van der Waals surface area contributed by atoms with Gasteiger partial charge in [-0.25, -0.2) is 0 Å². The zero-order valence-electron chi connectivity index (χ0n) is 14.7. The molecular weight excluding hydrogens is 284 g/mol. The molecule has 2 heteroatoms. The molecule has 3 saturated carbocycles. The third-order valence-electron chi connectivity index (χ3n) is 6.71. The van der Waals surface area contributed by atoms with Crippen LogP contribution in [-0.4, -0.2) is 5.97 Å². The number of esters is 1. The minimum absolute atomic E-state index is 0.0164. The number of rotatable bonds is 4. The van der Waals surface area contributed by atoms with E-state index in [-0.39, 0.29) is 11.9 Å². The van der Waals surface area contributed by atoms with Gasteiger partial charge in [-0.2, -0.15) is 0 Å². The smallest absolute Gasteiger partial charge is 0.313 e. The van der Waals surface area contributed by atoms with Gasteiger partial charge in [0.15, 0.2) is 0 Å². The van der Waals surface area contributed by atoms with Crippen molar-refractivity contribution in [3.05, 3.63) is 12.3 Å². The largest absolute Gasteiger partial charge is 0.431 e. The standard InChI is InChI=1S/C21H34O2/c1-16(17-8-4-2-5-9-17)23-21(22)20-14-12-19(13-15-20)18-10-6-3-7-11-18/h17-20H,1-15H2. The fraction of sp³-hybridized carbons (Fsp3) is 0.857. The molecule has 0 spiro atoms. The number of carbonyl (C=O) groups excluding carboxylic acids is 1. The van der Waals surface area contributed by atoms with Crippen molar-refractivity contribution < 1.29 is 9.53 Å². The summed E-state index contributed by atoms with van der Waals surface area (Å²) in [5.41, 5.74) is 0. The molecule has 0 bridgehead atoms. The van der Waals surface area contributed by atoms with Crippen LogP contribution in [0.2, 0.25) is 0 Å². The molecule has 0 unspecified atom stereocenters. The van der Waals surface area contributed by atoms with Crippen LogP contribution in [0.5, 0.6) is 0 Å². The van der Waals surface area contributed by atoms with Crippen molar-refractivity contribution in [2.45, 2.75) is 89.9 Å². The van der Waals surface area contributed by atoms with E-state index in [2.05, 4.69) is 6.58 Å². The second-order valence-electron chi connectivity index (χ2n) is 8.23. The lowest BCUT2D eigenvalue weighted by molar-refractivity contribution is -0.146. The van der Waals surface area contributed by atoms with Crippen molar-refractivity contribution in [3.8, 4) is 0 Å². The van der Waals surface area contributed by atoms with E-state index in [9.17, 15) is 4.79 Å². The predicted octanol–water partition coefficient (Wildman–Crippen LogP) is 6.01. The predicted molar refractivity (Wildman–Crippen MR) is 93.8 cm³/mol. The number of carbonyl (C=O) groups is 1. The molecule has 3 rings (SSSR count). The highest BCUT2D eigenvalue weighted by Crippen LogP contribution is 2.40. The van der Waals surface area contributed by atoms with Gasteiger partial charge in [-0.05, 0) is 50.4 Å². The molecule has 0 N–H and O–H groups in total. The molecule has 0 amide bonds. The molecule has 0 aliphatic heterocycles. The van der Waals surface area contributed by atoms with Gasteiger partial charge in [0.05, 0.1) is 5.92 Å². The summed E-state index contributed by atoms with van der Waals surface area (Å²) < 4.78 is 5.68. The lowest BCUT2D eigenvalue weighted by Crippen LogP contribution is -2.28. The van der Waals surface area contributed by atoms with Crippen molar-refractivity contribution in [2.24, 2.45) is 23.7 Å². The first-order chi connectivity index (χ1) is 11.2. The molecule has 0 aromatic carbocycles. The van der Waals surface area contributed by atoms with Crippen molar-refractivity contribution in [2.75, 3.05) is 0 Å². The van der Waals surface area contributed by atoms with Gasteiger partial charge in [-0.15, -0.1) is 0 Å². The van der Waals surface area contributed by atoms with Crippen LogP contribution in [0, 0.1) is 23.7 Å². The zero-order valence-corrected chi connectivity index (χ0v) is 14.7. The summed E-state index contributed by atoms with van der Waals surface area (Å²) in [6.45, 7) is 4.06. The van der Waals surface area contributed by atoms with E-state index >= 15 is 0 Å². The second kappa shape index (κ2) is 8.35. The van der Waals surface area contributed by atoms with Gasteiger partial charge in [0.25, 0.3) is 0 Å². The summed E-state index contributed by atoms with van der Waals surface area (Å²) in [5, 5.41) is 0. The Labute approximate surface area is 142 Å². The highest BCUT2D eigenvalue weighted by molar-refractivity contribution is 5.73. The Bertz CT molecular complexity index is 394. The lowest BCUT2D eigenvalue weighted by Gasteiger charge is -2.35. The normalized spacial score (nSPS) is 30.8. The summed E-state index contributed by atoms with van der Waals surface area (Å²) in [6.07, 6.45) is 17.8. The van der Waals surface area contributed by atoms with Gasteiger partial charge in [-0.3, -0.25) is 4.79 Å². The molecule has 3 aliphatic carbocycles. The van der Waals surface area contributed by atoms with E-state index in [1.807, 2.05) is 0 Å². The Hall–Kier alpha value is -0.790. The summed E-state index contributed by atoms with van der Waals surface area (Å²) in [7, 11) is 0. The molecule has 0 aromatic rings. The minimum Gasteiger partial charge on any atom is -0.431 e. The van der Waals surface area contributed by atoms with Gasteiger partial charge in [-0.1, -0.05) is 57.9 Å².